The summed E-state index contributed by atoms with van der Waals surface area (Å²) in [6.07, 6.45) is 9.84. The van der Waals surface area contributed by atoms with E-state index in [1.165, 1.54) is 69.6 Å². The van der Waals surface area contributed by atoms with Crippen LogP contribution in [-0.4, -0.2) is 48.9 Å². The van der Waals surface area contributed by atoms with Gasteiger partial charge >= 0.3 is 9.28 Å². The third kappa shape index (κ3) is 6.27. The van der Waals surface area contributed by atoms with Crippen molar-refractivity contribution in [1.82, 2.24) is 4.57 Å². The van der Waals surface area contributed by atoms with Gasteiger partial charge in [0.25, 0.3) is 0 Å². The molecule has 1 fully saturated rings. The molecule has 5 heteroatoms. The van der Waals surface area contributed by atoms with Gasteiger partial charge in [0, 0.05) is 20.3 Å². The molecular formula is C18H41NO2Si2. The topological polar surface area (TPSA) is 21.7 Å². The van der Waals surface area contributed by atoms with Crippen molar-refractivity contribution in [3.05, 3.63) is 0 Å². The SMILES string of the molecule is CC[Si](CC)(CC)N(CCCC[SiH](OC)OC)C1CCCCC1. The Bertz CT molecular complexity index is 282. The van der Waals surface area contributed by atoms with Crippen LogP contribution in [-0.2, 0) is 8.85 Å². The Morgan fingerprint density at radius 2 is 1.48 bits per heavy atom. The maximum absolute atomic E-state index is 5.47. The van der Waals surface area contributed by atoms with E-state index >= 15 is 0 Å². The van der Waals surface area contributed by atoms with E-state index in [1.54, 1.807) is 14.2 Å². The summed E-state index contributed by atoms with van der Waals surface area (Å²) in [7, 11) is 1.00. The van der Waals surface area contributed by atoms with Gasteiger partial charge in [-0.05, 0) is 50.0 Å². The predicted octanol–water partition coefficient (Wildman–Crippen LogP) is 4.92. The molecule has 0 saturated heterocycles. The molecule has 0 amide bonds. The highest BCUT2D eigenvalue weighted by molar-refractivity contribution is 6.77. The molecule has 0 aliphatic heterocycles. The van der Waals surface area contributed by atoms with Crippen molar-refractivity contribution in [3.63, 3.8) is 0 Å². The Morgan fingerprint density at radius 3 is 1.96 bits per heavy atom. The highest BCUT2D eigenvalue weighted by Gasteiger charge is 2.38. The first-order chi connectivity index (χ1) is 11.2. The Balaban J connectivity index is 2.63. The van der Waals surface area contributed by atoms with E-state index in [-0.39, 0.29) is 0 Å². The van der Waals surface area contributed by atoms with Crippen LogP contribution in [0.3, 0.4) is 0 Å². The van der Waals surface area contributed by atoms with Crippen LogP contribution in [0.25, 0.3) is 0 Å². The predicted molar refractivity (Wildman–Crippen MR) is 106 cm³/mol. The van der Waals surface area contributed by atoms with Crippen molar-refractivity contribution in [3.8, 4) is 0 Å². The first kappa shape index (κ1) is 21.4. The molecular weight excluding hydrogens is 318 g/mol. The number of unbranched alkanes of at least 4 members (excludes halogenated alkanes) is 1. The second-order valence-electron chi connectivity index (χ2n) is 7.17. The molecule has 0 N–H and O–H groups in total. The summed E-state index contributed by atoms with van der Waals surface area (Å²) in [5, 5.41) is 0. The van der Waals surface area contributed by atoms with Gasteiger partial charge in [-0.1, -0.05) is 46.5 Å². The average Bonchev–Trinajstić information content (AvgIpc) is 2.62. The van der Waals surface area contributed by atoms with Gasteiger partial charge in [-0.3, -0.25) is 0 Å². The number of rotatable bonds is 12. The van der Waals surface area contributed by atoms with E-state index in [2.05, 4.69) is 25.3 Å². The lowest BCUT2D eigenvalue weighted by atomic mass is 9.95. The smallest absolute Gasteiger partial charge is 0.320 e. The molecule has 3 nitrogen and oxygen atoms in total. The van der Waals surface area contributed by atoms with Crippen molar-refractivity contribution in [1.29, 1.82) is 0 Å². The van der Waals surface area contributed by atoms with Crippen LogP contribution in [0.1, 0.15) is 65.7 Å². The third-order valence-electron chi connectivity index (χ3n) is 6.21. The zero-order valence-electron chi connectivity index (χ0n) is 16.4. The quantitative estimate of drug-likeness (QED) is 0.365. The highest BCUT2D eigenvalue weighted by Crippen LogP contribution is 2.33. The summed E-state index contributed by atoms with van der Waals surface area (Å²) in [5.41, 5.74) is 0. The van der Waals surface area contributed by atoms with Crippen molar-refractivity contribution >= 4 is 17.5 Å². The minimum atomic E-state index is -1.36. The number of hydrogen-bond acceptors (Lipinski definition) is 3. The normalized spacial score (nSPS) is 17.3. The van der Waals surface area contributed by atoms with Crippen molar-refractivity contribution in [2.24, 2.45) is 0 Å². The lowest BCUT2D eigenvalue weighted by Crippen LogP contribution is -2.57. The molecule has 0 spiro atoms. The molecule has 0 aromatic rings. The molecule has 0 aromatic heterocycles. The highest BCUT2D eigenvalue weighted by atomic mass is 28.3. The maximum Gasteiger partial charge on any atom is 0.320 e. The van der Waals surface area contributed by atoms with Crippen molar-refractivity contribution in [2.75, 3.05) is 20.8 Å². The Morgan fingerprint density at radius 1 is 0.913 bits per heavy atom. The fraction of sp³-hybridized carbons (Fsp3) is 1.00. The molecule has 23 heavy (non-hydrogen) atoms. The van der Waals surface area contributed by atoms with Crippen LogP contribution >= 0.6 is 0 Å². The molecule has 0 aromatic carbocycles. The summed E-state index contributed by atoms with van der Waals surface area (Å²) < 4.78 is 14.0. The van der Waals surface area contributed by atoms with Gasteiger partial charge in [0.15, 0.2) is 0 Å². The summed E-state index contributed by atoms with van der Waals surface area (Å²) in [4.78, 5) is 0. The second kappa shape index (κ2) is 11.8. The van der Waals surface area contributed by atoms with E-state index in [0.29, 0.717) is 0 Å². The van der Waals surface area contributed by atoms with Gasteiger partial charge in [0.1, 0.15) is 8.24 Å². The average molecular weight is 360 g/mol. The fourth-order valence-corrected chi connectivity index (χ4v) is 10.2. The Kier molecular flexibility index (Phi) is 11.0. The molecule has 1 aliphatic carbocycles. The van der Waals surface area contributed by atoms with Gasteiger partial charge in [0.2, 0.25) is 0 Å². The standard InChI is InChI=1S/C18H41NO2Si2/c1-6-23(7-2,8-3)19(18-14-10-9-11-15-18)16-12-13-17-22(20-4)21-5/h18,22H,6-17H2,1-5H3. The molecule has 0 unspecified atom stereocenters. The summed E-state index contributed by atoms with van der Waals surface area (Å²) >= 11 is 0. The Labute approximate surface area is 148 Å². The van der Waals surface area contributed by atoms with Gasteiger partial charge in [-0.15, -0.1) is 0 Å². The van der Waals surface area contributed by atoms with Crippen molar-refractivity contribution < 1.29 is 8.85 Å². The van der Waals surface area contributed by atoms with E-state index in [0.717, 1.165) is 12.1 Å². The monoisotopic (exact) mass is 359 g/mol. The molecule has 0 bridgehead atoms. The molecule has 0 heterocycles. The fourth-order valence-electron chi connectivity index (χ4n) is 4.48. The summed E-state index contributed by atoms with van der Waals surface area (Å²) in [5.74, 6) is 0. The van der Waals surface area contributed by atoms with E-state index in [1.807, 2.05) is 0 Å². The van der Waals surface area contributed by atoms with Crippen molar-refractivity contribution in [2.45, 2.75) is 95.9 Å². The molecule has 1 saturated carbocycles. The lowest BCUT2D eigenvalue weighted by Gasteiger charge is -2.47. The Hall–Kier alpha value is 0.314. The van der Waals surface area contributed by atoms with Crippen LogP contribution in [0, 0.1) is 0 Å². The number of nitrogens with zero attached hydrogens (tertiary/aromatic N) is 1. The minimum absolute atomic E-state index is 0.883. The van der Waals surface area contributed by atoms with Gasteiger partial charge in [-0.2, -0.15) is 0 Å². The van der Waals surface area contributed by atoms with Crippen LogP contribution < -0.4 is 0 Å². The van der Waals surface area contributed by atoms with Crippen LogP contribution in [0.4, 0.5) is 0 Å². The zero-order valence-corrected chi connectivity index (χ0v) is 18.6. The van der Waals surface area contributed by atoms with E-state index in [9.17, 15) is 0 Å². The van der Waals surface area contributed by atoms with Gasteiger partial charge in [0.05, 0.1) is 0 Å². The van der Waals surface area contributed by atoms with Crippen LogP contribution in [0.15, 0.2) is 0 Å². The lowest BCUT2D eigenvalue weighted by molar-refractivity contribution is 0.237. The van der Waals surface area contributed by atoms with Gasteiger partial charge in [-0.25, -0.2) is 0 Å². The van der Waals surface area contributed by atoms with E-state index in [4.69, 9.17) is 8.85 Å². The zero-order chi connectivity index (χ0) is 17.1. The third-order valence-corrected chi connectivity index (χ3v) is 13.9. The maximum atomic E-state index is 5.47. The van der Waals surface area contributed by atoms with Gasteiger partial charge < -0.3 is 13.4 Å². The first-order valence-electron chi connectivity index (χ1n) is 9.99. The van der Waals surface area contributed by atoms with E-state index < -0.39 is 17.5 Å². The second-order valence-corrected chi connectivity index (χ2v) is 14.7. The molecule has 138 valence electrons. The number of hydrogen-bond donors (Lipinski definition) is 0. The minimum Gasteiger partial charge on any atom is -0.400 e. The summed E-state index contributed by atoms with van der Waals surface area (Å²) in [6.45, 7) is 8.68. The summed E-state index contributed by atoms with van der Waals surface area (Å²) in [6, 6.07) is 6.30. The van der Waals surface area contributed by atoms with Crippen LogP contribution in [0.5, 0.6) is 0 Å². The molecule has 0 radical (unpaired) electrons. The largest absolute Gasteiger partial charge is 0.400 e. The molecule has 1 aliphatic rings. The first-order valence-corrected chi connectivity index (χ1v) is 14.3. The molecule has 1 rings (SSSR count). The molecule has 0 atom stereocenters. The van der Waals surface area contributed by atoms with Crippen LogP contribution in [0.2, 0.25) is 24.2 Å².